The second kappa shape index (κ2) is 11.2. The van der Waals surface area contributed by atoms with E-state index in [4.69, 9.17) is 16.0 Å². The van der Waals surface area contributed by atoms with Crippen LogP contribution in [0.2, 0.25) is 0 Å². The normalized spacial score (nSPS) is 13.2. The first-order valence-electron chi connectivity index (χ1n) is 8.26. The molecule has 1 aromatic rings. The molecule has 0 aromatic heterocycles. The Morgan fingerprint density at radius 1 is 1.19 bits per heavy atom. The number of hydrogen-bond acceptors (Lipinski definition) is 9. The Kier molecular flexibility index (Phi) is 9.26. The largest absolute Gasteiger partial charge is 0.399 e. The van der Waals surface area contributed by atoms with E-state index in [0.717, 1.165) is 0 Å². The first-order valence-corrected chi connectivity index (χ1v) is 11.3. The van der Waals surface area contributed by atoms with Crippen LogP contribution in [0.25, 0.3) is 0 Å². The van der Waals surface area contributed by atoms with Crippen molar-refractivity contribution in [2.24, 2.45) is 21.7 Å². The van der Waals surface area contributed by atoms with Crippen molar-refractivity contribution >= 4 is 32.0 Å². The standard InChI is InChI=1S/C17H21N5O7S2/c1-3-4-15(16(11-12(2)18)20-17(19)23)22-21-13-5-7-14(8-6-13)30(24,25)10-9-29-31(26,27)28/h3-8,11H,1-2,9-10,18H2,(H3,19,20,23)(H,26,27,28)/b15-4+,16-11+,22-21?. The Labute approximate surface area is 179 Å². The first-order chi connectivity index (χ1) is 14.3. The highest BCUT2D eigenvalue weighted by Gasteiger charge is 2.16. The van der Waals surface area contributed by atoms with Crippen molar-refractivity contribution in [3.8, 4) is 0 Å². The fraction of sp³-hybridized carbons (Fsp3) is 0.118. The van der Waals surface area contributed by atoms with Gasteiger partial charge in [0.1, 0.15) is 5.70 Å². The zero-order valence-electron chi connectivity index (χ0n) is 16.1. The molecule has 168 valence electrons. The predicted octanol–water partition coefficient (Wildman–Crippen LogP) is 1.46. The third-order valence-electron chi connectivity index (χ3n) is 3.19. The van der Waals surface area contributed by atoms with Gasteiger partial charge in [0.15, 0.2) is 9.84 Å². The number of rotatable bonds is 11. The fourth-order valence-corrected chi connectivity index (χ4v) is 3.47. The van der Waals surface area contributed by atoms with E-state index in [0.29, 0.717) is 0 Å². The zero-order chi connectivity index (χ0) is 23.7. The maximum Gasteiger partial charge on any atom is 0.397 e. The summed E-state index contributed by atoms with van der Waals surface area (Å²) in [5, 5.41) is 10.3. The average Bonchev–Trinajstić information content (AvgIpc) is 2.63. The number of sulfone groups is 1. The van der Waals surface area contributed by atoms with Gasteiger partial charge in [0.25, 0.3) is 0 Å². The predicted molar refractivity (Wildman–Crippen MR) is 113 cm³/mol. The molecule has 0 spiro atoms. The van der Waals surface area contributed by atoms with Gasteiger partial charge in [0, 0.05) is 5.70 Å². The van der Waals surface area contributed by atoms with Crippen molar-refractivity contribution in [1.29, 1.82) is 0 Å². The van der Waals surface area contributed by atoms with E-state index in [1.54, 1.807) is 0 Å². The molecule has 0 saturated carbocycles. The average molecular weight is 472 g/mol. The SMILES string of the molecule is C=C/C=C(N=Nc1ccc(S(=O)(=O)CCOS(=O)(=O)O)cc1)\C(=C/C(=C)N)NC(N)=O. The minimum atomic E-state index is -4.73. The molecule has 0 aliphatic carbocycles. The summed E-state index contributed by atoms with van der Waals surface area (Å²) in [5.74, 6) is -0.671. The lowest BCUT2D eigenvalue weighted by Crippen LogP contribution is -2.29. The molecule has 0 fully saturated rings. The first kappa shape index (κ1) is 25.7. The minimum Gasteiger partial charge on any atom is -0.399 e. The van der Waals surface area contributed by atoms with E-state index in [1.165, 1.54) is 42.5 Å². The fourth-order valence-electron chi connectivity index (χ4n) is 1.98. The van der Waals surface area contributed by atoms with Crippen LogP contribution in [0.1, 0.15) is 0 Å². The molecule has 1 aromatic carbocycles. The van der Waals surface area contributed by atoms with Crippen molar-refractivity contribution in [3.63, 3.8) is 0 Å². The zero-order valence-corrected chi connectivity index (χ0v) is 17.8. The summed E-state index contributed by atoms with van der Waals surface area (Å²) in [5.41, 5.74) is 11.3. The Bertz CT molecular complexity index is 1140. The topological polar surface area (TPSA) is 204 Å². The molecule has 6 N–H and O–H groups in total. The van der Waals surface area contributed by atoms with Crippen molar-refractivity contribution < 1.29 is 30.4 Å². The van der Waals surface area contributed by atoms with E-state index in [-0.39, 0.29) is 27.7 Å². The molecular weight excluding hydrogens is 450 g/mol. The van der Waals surface area contributed by atoms with Crippen molar-refractivity contribution in [3.05, 3.63) is 72.7 Å². The molecule has 0 atom stereocenters. The summed E-state index contributed by atoms with van der Waals surface area (Å²) in [7, 11) is -8.61. The summed E-state index contributed by atoms with van der Waals surface area (Å²) in [4.78, 5) is 11.1. The van der Waals surface area contributed by atoms with Crippen LogP contribution in [-0.2, 0) is 24.4 Å². The number of primary amides is 1. The molecule has 0 aliphatic heterocycles. The van der Waals surface area contributed by atoms with Gasteiger partial charge in [-0.2, -0.15) is 13.5 Å². The summed E-state index contributed by atoms with van der Waals surface area (Å²) in [6, 6.07) is 4.28. The number of carbonyl (C=O) groups is 1. The Morgan fingerprint density at radius 2 is 1.81 bits per heavy atom. The minimum absolute atomic E-state index is 0.112. The highest BCUT2D eigenvalue weighted by atomic mass is 32.3. The summed E-state index contributed by atoms with van der Waals surface area (Å²) < 4.78 is 57.8. The van der Waals surface area contributed by atoms with Crippen LogP contribution in [0, 0.1) is 0 Å². The van der Waals surface area contributed by atoms with Gasteiger partial charge in [-0.25, -0.2) is 17.4 Å². The lowest BCUT2D eigenvalue weighted by atomic mass is 10.2. The lowest BCUT2D eigenvalue weighted by molar-refractivity contribution is 0.251. The smallest absolute Gasteiger partial charge is 0.397 e. The van der Waals surface area contributed by atoms with Crippen molar-refractivity contribution in [1.82, 2.24) is 5.32 Å². The highest BCUT2D eigenvalue weighted by molar-refractivity contribution is 7.91. The van der Waals surface area contributed by atoms with E-state index in [1.807, 2.05) is 0 Å². The van der Waals surface area contributed by atoms with Crippen LogP contribution in [0.5, 0.6) is 0 Å². The van der Waals surface area contributed by atoms with Gasteiger partial charge in [-0.05, 0) is 36.4 Å². The number of amides is 2. The quantitative estimate of drug-likeness (QED) is 0.211. The molecular formula is C17H21N5O7S2. The van der Waals surface area contributed by atoms with Gasteiger partial charge < -0.3 is 16.8 Å². The van der Waals surface area contributed by atoms with Crippen molar-refractivity contribution in [2.45, 2.75) is 4.90 Å². The Morgan fingerprint density at radius 3 is 2.29 bits per heavy atom. The molecule has 0 aliphatic rings. The number of benzene rings is 1. The second-order valence-corrected chi connectivity index (χ2v) is 8.87. The molecule has 14 heteroatoms. The number of allylic oxidation sites excluding steroid dienone is 3. The highest BCUT2D eigenvalue weighted by Crippen LogP contribution is 2.20. The summed E-state index contributed by atoms with van der Waals surface area (Å²) in [6.45, 7) is 6.30. The molecule has 31 heavy (non-hydrogen) atoms. The van der Waals surface area contributed by atoms with E-state index >= 15 is 0 Å². The van der Waals surface area contributed by atoms with Crippen LogP contribution in [-0.4, -0.2) is 39.8 Å². The number of hydrogen-bond donors (Lipinski definition) is 4. The van der Waals surface area contributed by atoms with Gasteiger partial charge in [-0.15, -0.1) is 5.11 Å². The number of urea groups is 1. The number of nitrogens with one attached hydrogen (secondary N) is 1. The maximum atomic E-state index is 12.2. The molecule has 0 heterocycles. The number of carbonyl (C=O) groups excluding carboxylic acids is 1. The third kappa shape index (κ3) is 9.81. The van der Waals surface area contributed by atoms with Crippen LogP contribution >= 0.6 is 0 Å². The van der Waals surface area contributed by atoms with Gasteiger partial charge in [0.05, 0.1) is 28.6 Å². The van der Waals surface area contributed by atoms with Gasteiger partial charge in [0.2, 0.25) is 0 Å². The number of nitrogens with zero attached hydrogens (tertiary/aromatic N) is 2. The van der Waals surface area contributed by atoms with E-state index < -0.39 is 38.6 Å². The maximum absolute atomic E-state index is 12.2. The van der Waals surface area contributed by atoms with Crippen LogP contribution in [0.15, 0.2) is 87.9 Å². The summed E-state index contributed by atoms with van der Waals surface area (Å²) >= 11 is 0. The molecule has 0 bridgehead atoms. The Balaban J connectivity index is 3.06. The van der Waals surface area contributed by atoms with E-state index in [9.17, 15) is 21.6 Å². The van der Waals surface area contributed by atoms with Crippen LogP contribution < -0.4 is 16.8 Å². The molecule has 0 saturated heterocycles. The molecule has 0 radical (unpaired) electrons. The number of nitrogens with two attached hydrogens (primary N) is 2. The Hall–Kier alpha value is -3.33. The van der Waals surface area contributed by atoms with Gasteiger partial charge >= 0.3 is 16.4 Å². The molecule has 1 rings (SSSR count). The number of azo groups is 1. The molecule has 2 amide bonds. The van der Waals surface area contributed by atoms with Gasteiger partial charge in [-0.1, -0.05) is 19.2 Å². The monoisotopic (exact) mass is 471 g/mol. The summed E-state index contributed by atoms with van der Waals surface area (Å²) in [6.07, 6.45) is 4.11. The second-order valence-electron chi connectivity index (χ2n) is 5.67. The lowest BCUT2D eigenvalue weighted by Gasteiger charge is -2.08. The molecule has 12 nitrogen and oxygen atoms in total. The van der Waals surface area contributed by atoms with Crippen molar-refractivity contribution in [2.75, 3.05) is 12.4 Å². The molecule has 0 unspecified atom stereocenters. The van der Waals surface area contributed by atoms with Crippen LogP contribution in [0.3, 0.4) is 0 Å². The van der Waals surface area contributed by atoms with Gasteiger partial charge in [-0.3, -0.25) is 4.55 Å². The van der Waals surface area contributed by atoms with Crippen LogP contribution in [0.4, 0.5) is 10.5 Å². The third-order valence-corrected chi connectivity index (χ3v) is 5.35. The van der Waals surface area contributed by atoms with E-state index in [2.05, 4.69) is 32.9 Å².